The van der Waals surface area contributed by atoms with Crippen molar-refractivity contribution in [1.82, 2.24) is 14.8 Å². The lowest BCUT2D eigenvalue weighted by atomic mass is 10.1. The second-order valence-electron chi connectivity index (χ2n) is 6.89. The van der Waals surface area contributed by atoms with Gasteiger partial charge in [0, 0.05) is 30.9 Å². The van der Waals surface area contributed by atoms with E-state index in [9.17, 15) is 4.79 Å². The molecule has 4 rings (SSSR count). The Balaban J connectivity index is 1.46. The average molecular weight is 353 g/mol. The molecule has 136 valence electrons. The molecule has 2 aromatic rings. The molecule has 6 nitrogen and oxygen atoms in total. The van der Waals surface area contributed by atoms with E-state index in [-0.39, 0.29) is 18.2 Å². The molecular formula is C20H23N3O3. The number of amides is 1. The van der Waals surface area contributed by atoms with Crippen LogP contribution >= 0.6 is 0 Å². The number of carbonyl (C=O) groups is 1. The summed E-state index contributed by atoms with van der Waals surface area (Å²) < 4.78 is 11.0. The Labute approximate surface area is 153 Å². The van der Waals surface area contributed by atoms with Gasteiger partial charge in [0.2, 0.25) is 0 Å². The van der Waals surface area contributed by atoms with Crippen LogP contribution in [0.3, 0.4) is 0 Å². The predicted molar refractivity (Wildman–Crippen MR) is 96.8 cm³/mol. The van der Waals surface area contributed by atoms with Gasteiger partial charge in [-0.2, -0.15) is 0 Å². The Morgan fingerprint density at radius 2 is 2.00 bits per heavy atom. The first-order valence-electron chi connectivity index (χ1n) is 8.88. The molecular weight excluding hydrogens is 330 g/mol. The summed E-state index contributed by atoms with van der Waals surface area (Å²) in [6, 6.07) is 13.9. The maximum absolute atomic E-state index is 12.3. The maximum Gasteiger partial charge on any atom is 0.410 e. The van der Waals surface area contributed by atoms with Crippen LogP contribution < -0.4 is 4.74 Å². The zero-order valence-electron chi connectivity index (χ0n) is 15.1. The molecule has 1 aromatic heterocycles. The number of benzene rings is 1. The molecule has 2 aliphatic heterocycles. The highest BCUT2D eigenvalue weighted by molar-refractivity contribution is 5.71. The largest absolute Gasteiger partial charge is 0.496 e. The molecule has 2 fully saturated rings. The Morgan fingerprint density at radius 3 is 2.81 bits per heavy atom. The molecule has 0 saturated carbocycles. The standard InChI is InChI=1S/C20H23N3O3/c1-14-6-5-8-16(21-14)11-22-12-17-19(13-22)26-20(24)23(17)10-15-7-3-4-9-18(15)25-2/h3-9,17,19H,10-13H2,1-2H3/t17-,19+/m0/s1. The molecule has 6 heteroatoms. The zero-order chi connectivity index (χ0) is 18.1. The van der Waals surface area contributed by atoms with E-state index >= 15 is 0 Å². The van der Waals surface area contributed by atoms with Crippen molar-refractivity contribution in [3.8, 4) is 5.75 Å². The normalized spacial score (nSPS) is 22.4. The van der Waals surface area contributed by atoms with E-state index in [2.05, 4.69) is 9.88 Å². The smallest absolute Gasteiger partial charge is 0.410 e. The maximum atomic E-state index is 12.3. The molecule has 1 amide bonds. The van der Waals surface area contributed by atoms with Crippen molar-refractivity contribution in [3.63, 3.8) is 0 Å². The second kappa shape index (κ2) is 6.96. The third-order valence-corrected chi connectivity index (χ3v) is 5.06. The summed E-state index contributed by atoms with van der Waals surface area (Å²) in [5, 5.41) is 0. The number of pyridine rings is 1. The number of fused-ring (bicyclic) bond motifs is 1. The molecule has 2 aliphatic rings. The summed E-state index contributed by atoms with van der Waals surface area (Å²) in [6.07, 6.45) is -0.318. The molecule has 0 bridgehead atoms. The predicted octanol–water partition coefficient (Wildman–Crippen LogP) is 2.60. The summed E-state index contributed by atoms with van der Waals surface area (Å²) in [6.45, 7) is 4.81. The molecule has 1 aromatic carbocycles. The Kier molecular flexibility index (Phi) is 4.51. The van der Waals surface area contributed by atoms with Gasteiger partial charge in [-0.15, -0.1) is 0 Å². The molecule has 0 radical (unpaired) electrons. The molecule has 2 saturated heterocycles. The molecule has 3 heterocycles. The number of rotatable bonds is 5. The lowest BCUT2D eigenvalue weighted by Gasteiger charge is -2.23. The van der Waals surface area contributed by atoms with E-state index < -0.39 is 0 Å². The van der Waals surface area contributed by atoms with Crippen LogP contribution in [-0.2, 0) is 17.8 Å². The average Bonchev–Trinajstić information content (AvgIpc) is 3.13. The number of nitrogens with zero attached hydrogens (tertiary/aromatic N) is 3. The zero-order valence-corrected chi connectivity index (χ0v) is 15.1. The molecule has 0 spiro atoms. The van der Waals surface area contributed by atoms with Crippen molar-refractivity contribution in [2.24, 2.45) is 0 Å². The number of aromatic nitrogens is 1. The quantitative estimate of drug-likeness (QED) is 0.827. The fourth-order valence-electron chi connectivity index (χ4n) is 3.83. The summed E-state index contributed by atoms with van der Waals surface area (Å²) in [7, 11) is 1.65. The van der Waals surface area contributed by atoms with Crippen molar-refractivity contribution in [2.75, 3.05) is 20.2 Å². The van der Waals surface area contributed by atoms with Gasteiger partial charge in [0.25, 0.3) is 0 Å². The van der Waals surface area contributed by atoms with Crippen LogP contribution in [-0.4, -0.2) is 53.2 Å². The lowest BCUT2D eigenvalue weighted by molar-refractivity contribution is 0.119. The van der Waals surface area contributed by atoms with E-state index in [0.717, 1.165) is 42.3 Å². The fraction of sp³-hybridized carbons (Fsp3) is 0.400. The van der Waals surface area contributed by atoms with Gasteiger partial charge >= 0.3 is 6.09 Å². The summed E-state index contributed by atoms with van der Waals surface area (Å²) in [5.74, 6) is 0.794. The van der Waals surface area contributed by atoms with Gasteiger partial charge in [0.15, 0.2) is 0 Å². The van der Waals surface area contributed by atoms with Crippen molar-refractivity contribution < 1.29 is 14.3 Å². The Hall–Kier alpha value is -2.60. The van der Waals surface area contributed by atoms with Crippen molar-refractivity contribution in [1.29, 1.82) is 0 Å². The number of likely N-dealkylation sites (tertiary alicyclic amines) is 1. The van der Waals surface area contributed by atoms with E-state index in [1.165, 1.54) is 0 Å². The van der Waals surface area contributed by atoms with Gasteiger partial charge in [-0.1, -0.05) is 24.3 Å². The van der Waals surface area contributed by atoms with Gasteiger partial charge in [-0.05, 0) is 25.1 Å². The van der Waals surface area contributed by atoms with E-state index in [1.54, 1.807) is 7.11 Å². The number of para-hydroxylation sites is 1. The highest BCUT2D eigenvalue weighted by atomic mass is 16.6. The number of hydrogen-bond acceptors (Lipinski definition) is 5. The van der Waals surface area contributed by atoms with Crippen LogP contribution in [0.1, 0.15) is 17.0 Å². The highest BCUT2D eigenvalue weighted by Gasteiger charge is 2.47. The first kappa shape index (κ1) is 16.8. The summed E-state index contributed by atoms with van der Waals surface area (Å²) in [4.78, 5) is 21.0. The van der Waals surface area contributed by atoms with Crippen LogP contribution in [0.15, 0.2) is 42.5 Å². The molecule has 2 atom stereocenters. The number of aryl methyl sites for hydroxylation is 1. The van der Waals surface area contributed by atoms with Gasteiger partial charge in [-0.3, -0.25) is 14.8 Å². The number of hydrogen-bond donors (Lipinski definition) is 0. The van der Waals surface area contributed by atoms with Crippen LogP contribution in [0, 0.1) is 6.92 Å². The minimum atomic E-state index is -0.237. The number of ether oxygens (including phenoxy) is 2. The molecule has 0 aliphatic carbocycles. The SMILES string of the molecule is COc1ccccc1CN1C(=O)O[C@@H]2CN(Cc3cccc(C)n3)C[C@@H]21. The van der Waals surface area contributed by atoms with Crippen LogP contribution in [0.25, 0.3) is 0 Å². The molecule has 26 heavy (non-hydrogen) atoms. The van der Waals surface area contributed by atoms with Crippen LogP contribution in [0.5, 0.6) is 5.75 Å². The third-order valence-electron chi connectivity index (χ3n) is 5.06. The van der Waals surface area contributed by atoms with Crippen molar-refractivity contribution >= 4 is 6.09 Å². The van der Waals surface area contributed by atoms with Crippen LogP contribution in [0.2, 0.25) is 0 Å². The highest BCUT2D eigenvalue weighted by Crippen LogP contribution is 2.31. The van der Waals surface area contributed by atoms with Crippen molar-refractivity contribution in [2.45, 2.75) is 32.2 Å². The van der Waals surface area contributed by atoms with Gasteiger partial charge < -0.3 is 9.47 Å². The van der Waals surface area contributed by atoms with E-state index in [0.29, 0.717) is 6.54 Å². The first-order chi connectivity index (χ1) is 12.6. The van der Waals surface area contributed by atoms with Gasteiger partial charge in [0.1, 0.15) is 11.9 Å². The monoisotopic (exact) mass is 353 g/mol. The number of methoxy groups -OCH3 is 1. The van der Waals surface area contributed by atoms with Gasteiger partial charge in [-0.25, -0.2) is 4.79 Å². The fourth-order valence-corrected chi connectivity index (χ4v) is 3.83. The Bertz CT molecular complexity index is 810. The first-order valence-corrected chi connectivity index (χ1v) is 8.88. The topological polar surface area (TPSA) is 54.9 Å². The van der Waals surface area contributed by atoms with E-state index in [4.69, 9.17) is 9.47 Å². The minimum absolute atomic E-state index is 0.0669. The molecule has 0 N–H and O–H groups in total. The minimum Gasteiger partial charge on any atom is -0.496 e. The van der Waals surface area contributed by atoms with E-state index in [1.807, 2.05) is 54.3 Å². The third kappa shape index (κ3) is 3.24. The second-order valence-corrected chi connectivity index (χ2v) is 6.89. The van der Waals surface area contributed by atoms with Gasteiger partial charge in [0.05, 0.1) is 25.4 Å². The Morgan fingerprint density at radius 1 is 1.15 bits per heavy atom. The van der Waals surface area contributed by atoms with Crippen LogP contribution in [0.4, 0.5) is 4.79 Å². The lowest BCUT2D eigenvalue weighted by Crippen LogP contribution is -2.37. The number of carbonyl (C=O) groups excluding carboxylic acids is 1. The molecule has 0 unspecified atom stereocenters. The van der Waals surface area contributed by atoms with Crippen molar-refractivity contribution in [3.05, 3.63) is 59.4 Å². The summed E-state index contributed by atoms with van der Waals surface area (Å²) >= 11 is 0. The summed E-state index contributed by atoms with van der Waals surface area (Å²) in [5.41, 5.74) is 3.06.